The minimum absolute atomic E-state index is 0.0970. The molecular formula is C14H22F2N4. The van der Waals surface area contributed by atoms with Crippen molar-refractivity contribution in [2.24, 2.45) is 5.92 Å². The van der Waals surface area contributed by atoms with E-state index in [1.165, 1.54) is 0 Å². The number of nitrogens with one attached hydrogen (secondary N) is 2. The molecular weight excluding hydrogens is 262 g/mol. The number of pyridine rings is 1. The van der Waals surface area contributed by atoms with Gasteiger partial charge >= 0.3 is 0 Å². The molecule has 0 spiro atoms. The number of aromatic nitrogens is 1. The Hall–Kier alpha value is -1.43. The van der Waals surface area contributed by atoms with Gasteiger partial charge in [-0.05, 0) is 45.8 Å². The maximum absolute atomic E-state index is 13.7. The summed E-state index contributed by atoms with van der Waals surface area (Å²) in [5, 5.41) is 5.80. The highest BCUT2D eigenvalue weighted by atomic mass is 19.1. The SMILES string of the molecule is CCNc1nc(NCC2CCN(C)CC2)c(F)cc1F. The summed E-state index contributed by atoms with van der Waals surface area (Å²) in [5.41, 5.74) is 0. The van der Waals surface area contributed by atoms with Crippen LogP contribution in [0.25, 0.3) is 0 Å². The molecule has 1 aliphatic heterocycles. The van der Waals surface area contributed by atoms with Crippen LogP contribution in [0.2, 0.25) is 0 Å². The summed E-state index contributed by atoms with van der Waals surface area (Å²) in [5.74, 6) is -0.563. The van der Waals surface area contributed by atoms with E-state index < -0.39 is 11.6 Å². The van der Waals surface area contributed by atoms with Gasteiger partial charge in [0.2, 0.25) is 0 Å². The second-order valence-electron chi connectivity index (χ2n) is 5.31. The monoisotopic (exact) mass is 284 g/mol. The van der Waals surface area contributed by atoms with Crippen LogP contribution in [0.15, 0.2) is 6.07 Å². The first-order chi connectivity index (χ1) is 9.60. The number of rotatable bonds is 5. The lowest BCUT2D eigenvalue weighted by atomic mass is 9.97. The molecule has 4 nitrogen and oxygen atoms in total. The molecule has 0 saturated carbocycles. The van der Waals surface area contributed by atoms with E-state index in [4.69, 9.17) is 0 Å². The third-order valence-corrected chi connectivity index (χ3v) is 3.67. The standard InChI is InChI=1S/C14H22F2N4/c1-3-17-13-11(15)8-12(16)14(19-13)18-9-10-4-6-20(2)7-5-10/h8,10H,3-7,9H2,1-2H3,(H2,17,18,19). The number of hydrogen-bond donors (Lipinski definition) is 2. The lowest BCUT2D eigenvalue weighted by Gasteiger charge is -2.29. The van der Waals surface area contributed by atoms with Gasteiger partial charge < -0.3 is 15.5 Å². The summed E-state index contributed by atoms with van der Waals surface area (Å²) in [6.45, 7) is 5.19. The lowest BCUT2D eigenvalue weighted by molar-refractivity contribution is 0.226. The van der Waals surface area contributed by atoms with Crippen LogP contribution in [-0.4, -0.2) is 43.1 Å². The Labute approximate surface area is 118 Å². The van der Waals surface area contributed by atoms with Crippen LogP contribution in [0.3, 0.4) is 0 Å². The van der Waals surface area contributed by atoms with Gasteiger partial charge in [0, 0.05) is 19.2 Å². The van der Waals surface area contributed by atoms with Gasteiger partial charge in [0.25, 0.3) is 0 Å². The number of piperidine rings is 1. The highest BCUT2D eigenvalue weighted by Crippen LogP contribution is 2.21. The Bertz CT molecular complexity index is 445. The quantitative estimate of drug-likeness (QED) is 0.872. The molecule has 0 unspecified atom stereocenters. The van der Waals surface area contributed by atoms with Crippen molar-refractivity contribution in [1.82, 2.24) is 9.88 Å². The Kier molecular flexibility index (Phi) is 5.11. The van der Waals surface area contributed by atoms with Gasteiger partial charge in [-0.3, -0.25) is 0 Å². The predicted molar refractivity (Wildman–Crippen MR) is 77.0 cm³/mol. The Morgan fingerprint density at radius 1 is 1.20 bits per heavy atom. The summed E-state index contributed by atoms with van der Waals surface area (Å²) in [7, 11) is 2.10. The van der Waals surface area contributed by atoms with Gasteiger partial charge in [0.15, 0.2) is 23.3 Å². The minimum atomic E-state index is -0.658. The first-order valence-electron chi connectivity index (χ1n) is 7.12. The Morgan fingerprint density at radius 2 is 1.80 bits per heavy atom. The van der Waals surface area contributed by atoms with Crippen molar-refractivity contribution >= 4 is 11.6 Å². The molecule has 6 heteroatoms. The number of halogens is 2. The first-order valence-corrected chi connectivity index (χ1v) is 7.12. The van der Waals surface area contributed by atoms with E-state index in [-0.39, 0.29) is 11.6 Å². The van der Waals surface area contributed by atoms with Crippen LogP contribution in [0.4, 0.5) is 20.4 Å². The fraction of sp³-hybridized carbons (Fsp3) is 0.643. The largest absolute Gasteiger partial charge is 0.368 e. The molecule has 0 bridgehead atoms. The lowest BCUT2D eigenvalue weighted by Crippen LogP contribution is -2.33. The summed E-state index contributed by atoms with van der Waals surface area (Å²) < 4.78 is 27.1. The zero-order valence-corrected chi connectivity index (χ0v) is 12.0. The maximum Gasteiger partial charge on any atom is 0.168 e. The molecule has 2 N–H and O–H groups in total. The van der Waals surface area contributed by atoms with E-state index in [0.717, 1.165) is 32.0 Å². The third-order valence-electron chi connectivity index (χ3n) is 3.67. The van der Waals surface area contributed by atoms with Gasteiger partial charge in [0.05, 0.1) is 0 Å². The zero-order chi connectivity index (χ0) is 14.5. The third kappa shape index (κ3) is 3.79. The average molecular weight is 284 g/mol. The van der Waals surface area contributed by atoms with Crippen LogP contribution in [0.5, 0.6) is 0 Å². The van der Waals surface area contributed by atoms with Crippen molar-refractivity contribution in [1.29, 1.82) is 0 Å². The molecule has 0 radical (unpaired) electrons. The van der Waals surface area contributed by atoms with Gasteiger partial charge in [-0.15, -0.1) is 0 Å². The van der Waals surface area contributed by atoms with E-state index >= 15 is 0 Å². The Balaban J connectivity index is 1.96. The Morgan fingerprint density at radius 3 is 2.40 bits per heavy atom. The molecule has 0 amide bonds. The van der Waals surface area contributed by atoms with E-state index in [1.54, 1.807) is 0 Å². The van der Waals surface area contributed by atoms with Crippen LogP contribution in [0, 0.1) is 17.6 Å². The van der Waals surface area contributed by atoms with Crippen LogP contribution >= 0.6 is 0 Å². The molecule has 0 aliphatic carbocycles. The predicted octanol–water partition coefficient (Wildman–Crippen LogP) is 2.55. The highest BCUT2D eigenvalue weighted by Gasteiger charge is 2.18. The first kappa shape index (κ1) is 15.0. The molecule has 1 aromatic rings. The average Bonchev–Trinajstić information content (AvgIpc) is 2.42. The van der Waals surface area contributed by atoms with E-state index in [0.29, 0.717) is 19.0 Å². The minimum Gasteiger partial charge on any atom is -0.368 e. The van der Waals surface area contributed by atoms with Crippen molar-refractivity contribution in [3.63, 3.8) is 0 Å². The second kappa shape index (κ2) is 6.83. The van der Waals surface area contributed by atoms with Gasteiger partial charge in [-0.2, -0.15) is 0 Å². The van der Waals surface area contributed by atoms with Crippen LogP contribution in [-0.2, 0) is 0 Å². The summed E-state index contributed by atoms with van der Waals surface area (Å²) in [6.07, 6.45) is 2.18. The van der Waals surface area contributed by atoms with E-state index in [9.17, 15) is 8.78 Å². The van der Waals surface area contributed by atoms with Crippen molar-refractivity contribution in [3.8, 4) is 0 Å². The van der Waals surface area contributed by atoms with Gasteiger partial charge in [0.1, 0.15) is 0 Å². The molecule has 1 aliphatic rings. The summed E-state index contributed by atoms with van der Waals surface area (Å²) >= 11 is 0. The highest BCUT2D eigenvalue weighted by molar-refractivity contribution is 5.47. The molecule has 2 heterocycles. The maximum atomic E-state index is 13.7. The van der Waals surface area contributed by atoms with Crippen molar-refractivity contribution < 1.29 is 8.78 Å². The zero-order valence-electron chi connectivity index (χ0n) is 12.0. The molecule has 1 fully saturated rings. The molecule has 112 valence electrons. The summed E-state index contributed by atoms with van der Waals surface area (Å²) in [6, 6.07) is 0.877. The number of anilines is 2. The van der Waals surface area contributed by atoms with Crippen LogP contribution < -0.4 is 10.6 Å². The molecule has 20 heavy (non-hydrogen) atoms. The molecule has 1 saturated heterocycles. The van der Waals surface area contributed by atoms with Crippen molar-refractivity contribution in [2.45, 2.75) is 19.8 Å². The second-order valence-corrected chi connectivity index (χ2v) is 5.31. The smallest absolute Gasteiger partial charge is 0.168 e. The van der Waals surface area contributed by atoms with Gasteiger partial charge in [-0.1, -0.05) is 0 Å². The number of hydrogen-bond acceptors (Lipinski definition) is 4. The van der Waals surface area contributed by atoms with Crippen molar-refractivity contribution in [2.75, 3.05) is 43.9 Å². The fourth-order valence-electron chi connectivity index (χ4n) is 2.39. The van der Waals surface area contributed by atoms with E-state index in [2.05, 4.69) is 27.6 Å². The van der Waals surface area contributed by atoms with Crippen LogP contribution in [0.1, 0.15) is 19.8 Å². The van der Waals surface area contributed by atoms with Crippen molar-refractivity contribution in [3.05, 3.63) is 17.7 Å². The fourth-order valence-corrected chi connectivity index (χ4v) is 2.39. The molecule has 2 rings (SSSR count). The number of likely N-dealkylation sites (tertiary alicyclic amines) is 1. The topological polar surface area (TPSA) is 40.2 Å². The molecule has 0 aromatic carbocycles. The molecule has 1 aromatic heterocycles. The van der Waals surface area contributed by atoms with E-state index in [1.807, 2.05) is 6.92 Å². The number of nitrogens with zero attached hydrogens (tertiary/aromatic N) is 2. The summed E-state index contributed by atoms with van der Waals surface area (Å²) in [4.78, 5) is 6.27. The normalized spacial score (nSPS) is 17.2. The van der Waals surface area contributed by atoms with Gasteiger partial charge in [-0.25, -0.2) is 13.8 Å². The molecule has 0 atom stereocenters.